The summed E-state index contributed by atoms with van der Waals surface area (Å²) in [5.74, 6) is 0.0793. The van der Waals surface area contributed by atoms with Gasteiger partial charge < -0.3 is 14.8 Å². The third-order valence-electron chi connectivity index (χ3n) is 5.82. The van der Waals surface area contributed by atoms with Gasteiger partial charge in [0.1, 0.15) is 0 Å². The van der Waals surface area contributed by atoms with Crippen molar-refractivity contribution >= 4 is 16.8 Å². The number of aromatic amines is 1. The normalized spacial score (nSPS) is 15.5. The number of nitrogens with zero attached hydrogens (tertiary/aromatic N) is 2. The number of hydrogen-bond acceptors (Lipinski definition) is 3. The molecule has 150 valence electrons. The summed E-state index contributed by atoms with van der Waals surface area (Å²) >= 11 is 0. The lowest BCUT2D eigenvalue weighted by Gasteiger charge is -2.32. The standard InChI is InChI=1S/C24H27N3O2/c1-26(22(17-27-13-5-6-14-27)20-7-3-2-4-8-20)24(29)16-18-9-10-19-11-12-23(28)25-21(19)15-18/h2-4,7-12,15,22H,5-6,13-14,16-17H2,1H3,(H,25,28)/t22-/m1/s1. The van der Waals surface area contributed by atoms with Crippen molar-refractivity contribution in [2.24, 2.45) is 0 Å². The Morgan fingerprint density at radius 2 is 1.79 bits per heavy atom. The van der Waals surface area contributed by atoms with Crippen molar-refractivity contribution in [3.63, 3.8) is 0 Å². The number of aromatic nitrogens is 1. The van der Waals surface area contributed by atoms with Crippen molar-refractivity contribution in [2.75, 3.05) is 26.7 Å². The summed E-state index contributed by atoms with van der Waals surface area (Å²) in [5.41, 5.74) is 2.71. The Labute approximate surface area is 171 Å². The SMILES string of the molecule is CN(C(=O)Cc1ccc2ccc(=O)[nH]c2c1)[C@H](CN1CCCC1)c1ccccc1. The highest BCUT2D eigenvalue weighted by Crippen LogP contribution is 2.24. The minimum absolute atomic E-state index is 0.0297. The number of likely N-dealkylation sites (tertiary alicyclic amines) is 1. The van der Waals surface area contributed by atoms with E-state index in [2.05, 4.69) is 22.0 Å². The molecule has 29 heavy (non-hydrogen) atoms. The summed E-state index contributed by atoms with van der Waals surface area (Å²) in [6, 6.07) is 19.4. The smallest absolute Gasteiger partial charge is 0.248 e. The predicted molar refractivity (Wildman–Crippen MR) is 116 cm³/mol. The van der Waals surface area contributed by atoms with Crippen LogP contribution in [0.3, 0.4) is 0 Å². The Morgan fingerprint density at radius 1 is 1.07 bits per heavy atom. The number of carbonyl (C=O) groups excluding carboxylic acids is 1. The van der Waals surface area contributed by atoms with Crippen LogP contribution in [-0.2, 0) is 11.2 Å². The van der Waals surface area contributed by atoms with Gasteiger partial charge in [0.15, 0.2) is 0 Å². The second kappa shape index (κ2) is 8.62. The monoisotopic (exact) mass is 389 g/mol. The molecule has 0 aliphatic carbocycles. The van der Waals surface area contributed by atoms with Gasteiger partial charge in [0.25, 0.3) is 0 Å². The van der Waals surface area contributed by atoms with Crippen LogP contribution in [0.1, 0.15) is 30.0 Å². The number of H-pyrrole nitrogens is 1. The maximum atomic E-state index is 13.1. The fourth-order valence-electron chi connectivity index (χ4n) is 4.12. The highest BCUT2D eigenvalue weighted by Gasteiger charge is 2.25. The first-order valence-corrected chi connectivity index (χ1v) is 10.2. The molecule has 0 saturated carbocycles. The number of nitrogens with one attached hydrogen (secondary N) is 1. The average Bonchev–Trinajstić information content (AvgIpc) is 3.25. The zero-order valence-electron chi connectivity index (χ0n) is 16.8. The largest absolute Gasteiger partial charge is 0.337 e. The number of rotatable bonds is 6. The first-order chi connectivity index (χ1) is 14.1. The molecule has 1 fully saturated rings. The van der Waals surface area contributed by atoms with Gasteiger partial charge in [-0.1, -0.05) is 42.5 Å². The molecule has 4 rings (SSSR count). The molecule has 1 aliphatic heterocycles. The third kappa shape index (κ3) is 4.57. The van der Waals surface area contributed by atoms with E-state index >= 15 is 0 Å². The lowest BCUT2D eigenvalue weighted by molar-refractivity contribution is -0.131. The highest BCUT2D eigenvalue weighted by atomic mass is 16.2. The predicted octanol–water partition coefficient (Wildman–Crippen LogP) is 3.37. The Hall–Kier alpha value is -2.92. The number of amides is 1. The van der Waals surface area contributed by atoms with E-state index in [-0.39, 0.29) is 17.5 Å². The van der Waals surface area contributed by atoms with Crippen molar-refractivity contribution in [3.05, 3.63) is 82.1 Å². The third-order valence-corrected chi connectivity index (χ3v) is 5.82. The van der Waals surface area contributed by atoms with E-state index < -0.39 is 0 Å². The number of fused-ring (bicyclic) bond motifs is 1. The summed E-state index contributed by atoms with van der Waals surface area (Å²) in [6.45, 7) is 3.06. The molecule has 1 amide bonds. The van der Waals surface area contributed by atoms with Crippen LogP contribution in [0.5, 0.6) is 0 Å². The topological polar surface area (TPSA) is 56.4 Å². The average molecular weight is 389 g/mol. The highest BCUT2D eigenvalue weighted by molar-refractivity contribution is 5.83. The van der Waals surface area contributed by atoms with Gasteiger partial charge in [-0.05, 0) is 54.6 Å². The van der Waals surface area contributed by atoms with Crippen LogP contribution in [0, 0.1) is 0 Å². The van der Waals surface area contributed by atoms with Gasteiger partial charge in [0.2, 0.25) is 11.5 Å². The summed E-state index contributed by atoms with van der Waals surface area (Å²) in [6.07, 6.45) is 2.77. The van der Waals surface area contributed by atoms with Crippen LogP contribution < -0.4 is 5.56 Å². The van der Waals surface area contributed by atoms with Crippen LogP contribution in [0.4, 0.5) is 0 Å². The lowest BCUT2D eigenvalue weighted by Crippen LogP contribution is -2.39. The van der Waals surface area contributed by atoms with E-state index in [4.69, 9.17) is 0 Å². The molecule has 1 aliphatic rings. The first-order valence-electron chi connectivity index (χ1n) is 10.2. The molecule has 1 atom stereocenters. The van der Waals surface area contributed by atoms with E-state index in [1.165, 1.54) is 18.9 Å². The van der Waals surface area contributed by atoms with Crippen LogP contribution >= 0.6 is 0 Å². The van der Waals surface area contributed by atoms with Gasteiger partial charge in [0, 0.05) is 25.2 Å². The Morgan fingerprint density at radius 3 is 2.55 bits per heavy atom. The Kier molecular flexibility index (Phi) is 5.76. The summed E-state index contributed by atoms with van der Waals surface area (Å²) in [7, 11) is 1.90. The molecule has 0 bridgehead atoms. The van der Waals surface area contributed by atoms with Crippen LogP contribution in [0.2, 0.25) is 0 Å². The van der Waals surface area contributed by atoms with E-state index in [9.17, 15) is 9.59 Å². The molecule has 0 radical (unpaired) electrons. The molecule has 1 saturated heterocycles. The second-order valence-electron chi connectivity index (χ2n) is 7.86. The quantitative estimate of drug-likeness (QED) is 0.703. The van der Waals surface area contributed by atoms with E-state index in [1.807, 2.05) is 48.3 Å². The number of pyridine rings is 1. The zero-order chi connectivity index (χ0) is 20.2. The number of hydrogen-bond donors (Lipinski definition) is 1. The fraction of sp³-hybridized carbons (Fsp3) is 0.333. The van der Waals surface area contributed by atoms with E-state index in [0.717, 1.165) is 41.7 Å². The van der Waals surface area contributed by atoms with Gasteiger partial charge in [0.05, 0.1) is 12.5 Å². The molecule has 2 heterocycles. The van der Waals surface area contributed by atoms with Crippen LogP contribution in [-0.4, -0.2) is 47.4 Å². The zero-order valence-corrected chi connectivity index (χ0v) is 16.8. The van der Waals surface area contributed by atoms with Crippen molar-refractivity contribution in [1.82, 2.24) is 14.8 Å². The first kappa shape index (κ1) is 19.4. The molecule has 3 aromatic rings. The van der Waals surface area contributed by atoms with Crippen LogP contribution in [0.25, 0.3) is 10.9 Å². The van der Waals surface area contributed by atoms with Gasteiger partial charge in [-0.15, -0.1) is 0 Å². The molecule has 1 N–H and O–H groups in total. The minimum Gasteiger partial charge on any atom is -0.337 e. The summed E-state index contributed by atoms with van der Waals surface area (Å²) in [5, 5.41) is 0.963. The fourth-order valence-corrected chi connectivity index (χ4v) is 4.12. The van der Waals surface area contributed by atoms with E-state index in [1.54, 1.807) is 6.07 Å². The summed E-state index contributed by atoms with van der Waals surface area (Å²) in [4.78, 5) is 31.9. The van der Waals surface area contributed by atoms with Crippen molar-refractivity contribution in [3.8, 4) is 0 Å². The Bertz CT molecular complexity index is 1040. The van der Waals surface area contributed by atoms with Crippen molar-refractivity contribution < 1.29 is 4.79 Å². The molecule has 1 aromatic heterocycles. The number of benzene rings is 2. The molecule has 0 spiro atoms. The Balaban J connectivity index is 1.54. The maximum absolute atomic E-state index is 13.1. The minimum atomic E-state index is -0.132. The summed E-state index contributed by atoms with van der Waals surface area (Å²) < 4.78 is 0. The van der Waals surface area contributed by atoms with Crippen LogP contribution in [0.15, 0.2) is 65.5 Å². The molecule has 2 aromatic carbocycles. The lowest BCUT2D eigenvalue weighted by atomic mass is 10.0. The maximum Gasteiger partial charge on any atom is 0.248 e. The van der Waals surface area contributed by atoms with Crippen molar-refractivity contribution in [2.45, 2.75) is 25.3 Å². The number of likely N-dealkylation sites (N-methyl/N-ethyl adjacent to an activating group) is 1. The molecule has 5 heteroatoms. The van der Waals surface area contributed by atoms with Crippen molar-refractivity contribution in [1.29, 1.82) is 0 Å². The van der Waals surface area contributed by atoms with E-state index in [0.29, 0.717) is 6.42 Å². The molecule has 5 nitrogen and oxygen atoms in total. The van der Waals surface area contributed by atoms with Gasteiger partial charge >= 0.3 is 0 Å². The van der Waals surface area contributed by atoms with Gasteiger partial charge in [-0.25, -0.2) is 0 Å². The molecular formula is C24H27N3O2. The van der Waals surface area contributed by atoms with Gasteiger partial charge in [-0.3, -0.25) is 9.59 Å². The number of carbonyl (C=O) groups is 1. The van der Waals surface area contributed by atoms with Gasteiger partial charge in [-0.2, -0.15) is 0 Å². The molecule has 0 unspecified atom stereocenters. The molecular weight excluding hydrogens is 362 g/mol. The second-order valence-corrected chi connectivity index (χ2v) is 7.86.